The molecule has 4 atom stereocenters. The number of carbonyl (C=O) groups is 3. The lowest BCUT2D eigenvalue weighted by molar-refractivity contribution is -0.147. The summed E-state index contributed by atoms with van der Waals surface area (Å²) in [6.45, 7) is 8.52. The molecule has 6 rings (SSSR count). The van der Waals surface area contributed by atoms with Crippen LogP contribution in [0.1, 0.15) is 49.2 Å². The van der Waals surface area contributed by atoms with E-state index in [-0.39, 0.29) is 42.4 Å². The second kappa shape index (κ2) is 13.6. The molecular weight excluding hydrogens is 642 g/mol. The fourth-order valence-electron chi connectivity index (χ4n) is 7.32. The molecule has 4 heterocycles. The maximum Gasteiger partial charge on any atom is 0.294 e. The van der Waals surface area contributed by atoms with Crippen LogP contribution in [-0.4, -0.2) is 108 Å². The Morgan fingerprint density at radius 2 is 1.51 bits per heavy atom. The second-order valence-electron chi connectivity index (χ2n) is 14.2. The molecule has 3 fully saturated rings. The van der Waals surface area contributed by atoms with Gasteiger partial charge in [-0.2, -0.15) is 0 Å². The lowest BCUT2D eigenvalue weighted by Gasteiger charge is -2.36. The molecular formula is C36H41F4N5O4. The first-order valence-corrected chi connectivity index (χ1v) is 16.5. The number of piperazine rings is 1. The highest BCUT2D eigenvalue weighted by molar-refractivity contribution is 6.05. The number of likely N-dealkylation sites (N-methyl/N-ethyl adjacent to an activating group) is 1. The maximum atomic E-state index is 15.4. The zero-order valence-corrected chi connectivity index (χ0v) is 28.0. The van der Waals surface area contributed by atoms with Crippen molar-refractivity contribution >= 4 is 23.4 Å². The van der Waals surface area contributed by atoms with Gasteiger partial charge in [-0.3, -0.25) is 24.2 Å². The molecule has 49 heavy (non-hydrogen) atoms. The molecule has 0 bridgehead atoms. The lowest BCUT2D eigenvalue weighted by Crippen LogP contribution is -2.54. The molecule has 3 aliphatic rings. The SMILES string of the molecule is CN1CCN(C(=O)C2CC(N(C(=O)c3ccco3)c3ccc(F)cc3F)CN2C(=O)[C@@H]2CN(C(C)(C)C)C[C@H]2c2ccc(F)cc2F)CC1. The van der Waals surface area contributed by atoms with Gasteiger partial charge in [0.25, 0.3) is 5.91 Å². The normalized spacial score (nSPS) is 23.7. The summed E-state index contributed by atoms with van der Waals surface area (Å²) < 4.78 is 64.1. The van der Waals surface area contributed by atoms with E-state index in [9.17, 15) is 23.2 Å². The first-order valence-electron chi connectivity index (χ1n) is 16.5. The molecule has 0 aliphatic carbocycles. The van der Waals surface area contributed by atoms with E-state index in [4.69, 9.17) is 4.42 Å². The first kappa shape index (κ1) is 34.6. The molecule has 0 spiro atoms. The van der Waals surface area contributed by atoms with E-state index < -0.39 is 64.5 Å². The highest BCUT2D eigenvalue weighted by atomic mass is 19.1. The van der Waals surface area contributed by atoms with Crippen LogP contribution in [-0.2, 0) is 9.59 Å². The van der Waals surface area contributed by atoms with E-state index in [2.05, 4.69) is 9.80 Å². The number of likely N-dealkylation sites (tertiary alicyclic amines) is 2. The molecule has 3 amide bonds. The van der Waals surface area contributed by atoms with Gasteiger partial charge >= 0.3 is 0 Å². The van der Waals surface area contributed by atoms with E-state index in [1.807, 2.05) is 27.8 Å². The third kappa shape index (κ3) is 6.96. The minimum Gasteiger partial charge on any atom is -0.459 e. The molecule has 262 valence electrons. The summed E-state index contributed by atoms with van der Waals surface area (Å²) in [5, 5.41) is 0. The minimum atomic E-state index is -1.02. The molecule has 2 unspecified atom stereocenters. The topological polar surface area (TPSA) is 80.5 Å². The van der Waals surface area contributed by atoms with Crippen molar-refractivity contribution < 1.29 is 36.4 Å². The van der Waals surface area contributed by atoms with Crippen molar-refractivity contribution in [3.63, 3.8) is 0 Å². The van der Waals surface area contributed by atoms with E-state index >= 15 is 8.78 Å². The van der Waals surface area contributed by atoms with Crippen LogP contribution in [0.3, 0.4) is 0 Å². The smallest absolute Gasteiger partial charge is 0.294 e. The number of nitrogens with zero attached hydrogens (tertiary/aromatic N) is 5. The number of hydrogen-bond donors (Lipinski definition) is 0. The van der Waals surface area contributed by atoms with Gasteiger partial charge in [0, 0.05) is 69.4 Å². The Bertz CT molecular complexity index is 1710. The van der Waals surface area contributed by atoms with Gasteiger partial charge in [0.2, 0.25) is 11.8 Å². The quantitative estimate of drug-likeness (QED) is 0.350. The second-order valence-corrected chi connectivity index (χ2v) is 14.2. The Kier molecular flexibility index (Phi) is 9.60. The highest BCUT2D eigenvalue weighted by Crippen LogP contribution is 2.41. The van der Waals surface area contributed by atoms with Crippen molar-refractivity contribution in [2.45, 2.75) is 50.7 Å². The standard InChI is InChI=1S/C36H41F4N5O4/c1-36(2,3)43-20-26(25-9-7-22(37)16-28(25)39)27(21-43)33(46)44-19-24(18-31(44)34(47)42-13-11-41(4)12-14-42)45(35(48)32-6-5-15-49-32)30-10-8-23(38)17-29(30)40/h5-10,15-17,24,26-27,31H,11-14,18-21H2,1-4H3/t24?,26-,27+,31?/m0/s1. The molecule has 2 aromatic carbocycles. The lowest BCUT2D eigenvalue weighted by atomic mass is 9.87. The number of rotatable bonds is 6. The van der Waals surface area contributed by atoms with Crippen molar-refractivity contribution in [1.29, 1.82) is 0 Å². The molecule has 13 heteroatoms. The van der Waals surface area contributed by atoms with Crippen molar-refractivity contribution in [2.75, 3.05) is 57.8 Å². The van der Waals surface area contributed by atoms with E-state index in [1.165, 1.54) is 35.4 Å². The summed E-state index contributed by atoms with van der Waals surface area (Å²) in [6.07, 6.45) is 1.28. The number of furan rings is 1. The average Bonchev–Trinajstić information content (AvgIpc) is 3.82. The molecule has 1 aromatic heterocycles. The van der Waals surface area contributed by atoms with Crippen molar-refractivity contribution in [3.05, 3.63) is 89.4 Å². The van der Waals surface area contributed by atoms with Crippen LogP contribution in [0.2, 0.25) is 0 Å². The van der Waals surface area contributed by atoms with E-state index in [0.29, 0.717) is 38.8 Å². The number of carbonyl (C=O) groups excluding carboxylic acids is 3. The van der Waals surface area contributed by atoms with Crippen molar-refractivity contribution in [2.24, 2.45) is 5.92 Å². The van der Waals surface area contributed by atoms with Crippen LogP contribution in [0.5, 0.6) is 0 Å². The maximum absolute atomic E-state index is 15.4. The van der Waals surface area contributed by atoms with Gasteiger partial charge < -0.3 is 19.1 Å². The van der Waals surface area contributed by atoms with Crippen LogP contribution in [0.25, 0.3) is 0 Å². The largest absolute Gasteiger partial charge is 0.459 e. The van der Waals surface area contributed by atoms with Gasteiger partial charge in [0.1, 0.15) is 29.3 Å². The van der Waals surface area contributed by atoms with Gasteiger partial charge in [-0.05, 0) is 70.1 Å². The van der Waals surface area contributed by atoms with E-state index in [1.54, 1.807) is 4.90 Å². The van der Waals surface area contributed by atoms with Gasteiger partial charge in [0.15, 0.2) is 5.76 Å². The Morgan fingerprint density at radius 3 is 2.12 bits per heavy atom. The van der Waals surface area contributed by atoms with E-state index in [0.717, 1.165) is 23.1 Å². The van der Waals surface area contributed by atoms with Gasteiger partial charge in [-0.1, -0.05) is 6.07 Å². The fourth-order valence-corrected chi connectivity index (χ4v) is 7.32. The Hall–Kier alpha value is -4.23. The zero-order valence-electron chi connectivity index (χ0n) is 28.0. The summed E-state index contributed by atoms with van der Waals surface area (Å²) in [4.78, 5) is 51.4. The number of benzene rings is 2. The number of halogens is 4. The summed E-state index contributed by atoms with van der Waals surface area (Å²) in [7, 11) is 1.95. The minimum absolute atomic E-state index is 0.0224. The molecule has 3 aliphatic heterocycles. The Labute approximate surface area is 283 Å². The number of anilines is 1. The van der Waals surface area contributed by atoms with Crippen LogP contribution >= 0.6 is 0 Å². The molecule has 3 saturated heterocycles. The first-order chi connectivity index (χ1) is 23.2. The third-order valence-corrected chi connectivity index (χ3v) is 10.1. The Morgan fingerprint density at radius 1 is 0.837 bits per heavy atom. The number of hydrogen-bond acceptors (Lipinski definition) is 6. The van der Waals surface area contributed by atoms with Gasteiger partial charge in [-0.25, -0.2) is 17.6 Å². The predicted molar refractivity (Wildman–Crippen MR) is 174 cm³/mol. The molecule has 0 N–H and O–H groups in total. The predicted octanol–water partition coefficient (Wildman–Crippen LogP) is 4.74. The third-order valence-electron chi connectivity index (χ3n) is 10.1. The van der Waals surface area contributed by atoms with Crippen LogP contribution in [0, 0.1) is 29.2 Å². The van der Waals surface area contributed by atoms with Crippen LogP contribution < -0.4 is 4.90 Å². The van der Waals surface area contributed by atoms with Gasteiger partial charge in [-0.15, -0.1) is 0 Å². The zero-order chi connectivity index (χ0) is 35.2. The molecule has 0 saturated carbocycles. The highest BCUT2D eigenvalue weighted by Gasteiger charge is 2.51. The van der Waals surface area contributed by atoms with Crippen molar-refractivity contribution in [1.82, 2.24) is 19.6 Å². The molecule has 0 radical (unpaired) electrons. The van der Waals surface area contributed by atoms with Crippen LogP contribution in [0.4, 0.5) is 23.2 Å². The fraction of sp³-hybridized carbons (Fsp3) is 0.472. The average molecular weight is 684 g/mol. The molecule has 3 aromatic rings. The monoisotopic (exact) mass is 683 g/mol. The molecule has 9 nitrogen and oxygen atoms in total. The summed E-state index contributed by atoms with van der Waals surface area (Å²) in [5.74, 6) is -6.31. The number of amides is 3. The van der Waals surface area contributed by atoms with Gasteiger partial charge in [0.05, 0.1) is 23.9 Å². The van der Waals surface area contributed by atoms with Crippen molar-refractivity contribution in [3.8, 4) is 0 Å². The summed E-state index contributed by atoms with van der Waals surface area (Å²) in [5.41, 5.74) is -0.412. The Balaban J connectivity index is 1.40. The summed E-state index contributed by atoms with van der Waals surface area (Å²) >= 11 is 0. The van der Waals surface area contributed by atoms with Crippen LogP contribution in [0.15, 0.2) is 59.2 Å². The summed E-state index contributed by atoms with van der Waals surface area (Å²) in [6, 6.07) is 7.20.